The summed E-state index contributed by atoms with van der Waals surface area (Å²) in [6.07, 6.45) is 3.91. The molecule has 9 nitrogen and oxygen atoms in total. The molecule has 2 heterocycles. The third-order valence-electron chi connectivity index (χ3n) is 9.47. The molecule has 1 saturated heterocycles. The lowest BCUT2D eigenvalue weighted by Gasteiger charge is -2.41. The number of rotatable bonds is 14. The van der Waals surface area contributed by atoms with Gasteiger partial charge in [-0.15, -0.1) is 0 Å². The average Bonchev–Trinajstić information content (AvgIpc) is 3.55. The lowest BCUT2D eigenvalue weighted by molar-refractivity contribution is -0.276. The van der Waals surface area contributed by atoms with E-state index < -0.39 is 6.29 Å². The van der Waals surface area contributed by atoms with Crippen molar-refractivity contribution < 1.29 is 24.2 Å². The summed E-state index contributed by atoms with van der Waals surface area (Å²) in [6.45, 7) is 5.38. The van der Waals surface area contributed by atoms with Crippen molar-refractivity contribution in [2.24, 2.45) is 5.92 Å². The van der Waals surface area contributed by atoms with Crippen LogP contribution in [0.25, 0.3) is 22.2 Å². The molecule has 0 bridgehead atoms. The lowest BCUT2D eigenvalue weighted by atomic mass is 9.90. The number of hydrogen-bond donors (Lipinski definition) is 3. The summed E-state index contributed by atoms with van der Waals surface area (Å²) in [6, 6.07) is 32.5. The van der Waals surface area contributed by atoms with Gasteiger partial charge in [0.15, 0.2) is 6.29 Å². The fraction of sp³-hybridized carbons (Fsp3) is 0.341. The zero-order valence-electron chi connectivity index (χ0n) is 28.8. The Balaban J connectivity index is 1.15. The van der Waals surface area contributed by atoms with Gasteiger partial charge in [-0.05, 0) is 52.8 Å². The van der Waals surface area contributed by atoms with Crippen molar-refractivity contribution in [1.82, 2.24) is 20.2 Å². The number of amides is 2. The molecular formula is C41H46N4O5. The highest BCUT2D eigenvalue weighted by Crippen LogP contribution is 2.42. The number of aliphatic hydroxyl groups is 1. The Morgan fingerprint density at radius 1 is 0.840 bits per heavy atom. The fourth-order valence-electron chi connectivity index (χ4n) is 6.59. The number of aliphatic hydroxyl groups excluding tert-OH is 1. The van der Waals surface area contributed by atoms with Gasteiger partial charge in [0.05, 0.1) is 42.7 Å². The Morgan fingerprint density at radius 2 is 1.58 bits per heavy atom. The van der Waals surface area contributed by atoms with Crippen molar-refractivity contribution in [3.63, 3.8) is 0 Å². The molecule has 4 atom stereocenters. The van der Waals surface area contributed by atoms with Crippen LogP contribution in [0.15, 0.2) is 103 Å². The number of unbranched alkanes of at least 4 members (excludes halogenated alkanes) is 2. The zero-order valence-corrected chi connectivity index (χ0v) is 28.8. The number of ether oxygens (including phenoxy) is 2. The van der Waals surface area contributed by atoms with E-state index >= 15 is 0 Å². The third kappa shape index (κ3) is 8.66. The van der Waals surface area contributed by atoms with Gasteiger partial charge in [-0.25, -0.2) is 4.98 Å². The first-order valence-electron chi connectivity index (χ1n) is 17.5. The molecule has 0 aliphatic carbocycles. The van der Waals surface area contributed by atoms with Crippen LogP contribution in [-0.2, 0) is 38.8 Å². The molecule has 9 heteroatoms. The van der Waals surface area contributed by atoms with E-state index in [1.165, 1.54) is 6.92 Å². The molecule has 1 fully saturated rings. The number of nitrogens with zero attached hydrogens (tertiary/aromatic N) is 2. The van der Waals surface area contributed by atoms with Gasteiger partial charge in [-0.1, -0.05) is 98.3 Å². The summed E-state index contributed by atoms with van der Waals surface area (Å²) >= 11 is 0. The Bertz CT molecular complexity index is 1870. The molecule has 3 N–H and O–H groups in total. The topological polar surface area (TPSA) is 115 Å². The Kier molecular flexibility index (Phi) is 11.7. The van der Waals surface area contributed by atoms with Crippen LogP contribution < -0.4 is 10.6 Å². The first-order valence-corrected chi connectivity index (χ1v) is 17.5. The van der Waals surface area contributed by atoms with Gasteiger partial charge >= 0.3 is 0 Å². The Morgan fingerprint density at radius 3 is 2.36 bits per heavy atom. The van der Waals surface area contributed by atoms with Crippen molar-refractivity contribution >= 4 is 22.8 Å². The predicted molar refractivity (Wildman–Crippen MR) is 194 cm³/mol. The zero-order chi connectivity index (χ0) is 34.9. The van der Waals surface area contributed by atoms with Crippen molar-refractivity contribution in [3.8, 4) is 11.1 Å². The second-order valence-electron chi connectivity index (χ2n) is 13.1. The summed E-state index contributed by atoms with van der Waals surface area (Å²) in [5.41, 5.74) is 7.97. The summed E-state index contributed by atoms with van der Waals surface area (Å²) in [5, 5.41) is 15.5. The number of nitrogens with one attached hydrogen (secondary N) is 2. The standard InChI is InChI=1S/C41H46N4O5/c1-28-38(25-45-27-44-36-12-7-8-13-37(36)45)49-41(50-40(28)32-17-15-30(26-46)16-18-32)33-21-19-31(20-22-33)35-11-6-5-10-34(35)24-43-39(48)14-4-3-9-23-42-29(2)47/h5-8,10-13,15-22,27-28,38,40-41,46H,3-4,9,14,23-26H2,1-2H3,(H,42,47)(H,43,48)/t28-,38+,40+,41+/m1/s1. The van der Waals surface area contributed by atoms with Crippen LogP contribution >= 0.6 is 0 Å². The summed E-state index contributed by atoms with van der Waals surface area (Å²) in [4.78, 5) is 28.2. The molecule has 1 aliphatic rings. The van der Waals surface area contributed by atoms with E-state index in [4.69, 9.17) is 9.47 Å². The van der Waals surface area contributed by atoms with Gasteiger partial charge in [0.1, 0.15) is 0 Å². The van der Waals surface area contributed by atoms with E-state index in [-0.39, 0.29) is 36.5 Å². The molecule has 0 radical (unpaired) electrons. The predicted octanol–water partition coefficient (Wildman–Crippen LogP) is 7.00. The second kappa shape index (κ2) is 16.7. The van der Waals surface area contributed by atoms with Crippen LogP contribution in [0.4, 0.5) is 0 Å². The van der Waals surface area contributed by atoms with Gasteiger partial charge in [0, 0.05) is 37.9 Å². The molecule has 1 aromatic heterocycles. The summed E-state index contributed by atoms with van der Waals surface area (Å²) in [5.74, 6) is 0.0347. The largest absolute Gasteiger partial charge is 0.392 e. The van der Waals surface area contributed by atoms with Crippen LogP contribution in [0, 0.1) is 5.92 Å². The minimum Gasteiger partial charge on any atom is -0.392 e. The maximum Gasteiger partial charge on any atom is 0.220 e. The maximum absolute atomic E-state index is 12.6. The number of benzene rings is 4. The highest BCUT2D eigenvalue weighted by molar-refractivity contribution is 5.77. The number of hydrogen-bond acceptors (Lipinski definition) is 6. The Labute approximate surface area is 293 Å². The minimum absolute atomic E-state index is 0.00655. The van der Waals surface area contributed by atoms with Crippen molar-refractivity contribution in [2.75, 3.05) is 6.54 Å². The van der Waals surface area contributed by atoms with Crippen molar-refractivity contribution in [3.05, 3.63) is 126 Å². The SMILES string of the molecule is CC(=O)NCCCCCC(=O)NCc1ccccc1-c1ccc([C@H]2O[C@@H](Cn3cnc4ccccc43)[C@@H](C)[C@@H](c3ccc(CO)cc3)O2)cc1. The summed E-state index contributed by atoms with van der Waals surface area (Å²) < 4.78 is 15.6. The normalized spacial score (nSPS) is 18.9. The van der Waals surface area contributed by atoms with Crippen LogP contribution in [0.2, 0.25) is 0 Å². The van der Waals surface area contributed by atoms with Gasteiger partial charge in [-0.2, -0.15) is 0 Å². The van der Waals surface area contributed by atoms with Crippen molar-refractivity contribution in [2.45, 2.75) is 77.7 Å². The van der Waals surface area contributed by atoms with E-state index in [0.717, 1.165) is 63.7 Å². The minimum atomic E-state index is -0.588. The molecule has 1 aliphatic heterocycles. The number of aromatic nitrogens is 2. The van der Waals surface area contributed by atoms with Crippen LogP contribution in [0.5, 0.6) is 0 Å². The number of para-hydroxylation sites is 2. The first-order chi connectivity index (χ1) is 24.4. The average molecular weight is 675 g/mol. The van der Waals surface area contributed by atoms with Crippen molar-refractivity contribution in [1.29, 1.82) is 0 Å². The van der Waals surface area contributed by atoms with E-state index in [9.17, 15) is 14.7 Å². The number of carbonyl (C=O) groups excluding carboxylic acids is 2. The molecule has 4 aromatic carbocycles. The smallest absolute Gasteiger partial charge is 0.220 e. The van der Waals surface area contributed by atoms with Gasteiger partial charge in [-0.3, -0.25) is 9.59 Å². The fourth-order valence-corrected chi connectivity index (χ4v) is 6.59. The van der Waals surface area contributed by atoms with Gasteiger partial charge in [0.2, 0.25) is 11.8 Å². The molecule has 0 spiro atoms. The molecule has 260 valence electrons. The maximum atomic E-state index is 12.6. The number of fused-ring (bicyclic) bond motifs is 1. The highest BCUT2D eigenvalue weighted by Gasteiger charge is 2.38. The second-order valence-corrected chi connectivity index (χ2v) is 13.1. The third-order valence-corrected chi connectivity index (χ3v) is 9.47. The highest BCUT2D eigenvalue weighted by atomic mass is 16.7. The molecule has 6 rings (SSSR count). The van der Waals surface area contributed by atoms with Gasteiger partial charge in [0.25, 0.3) is 0 Å². The molecule has 0 saturated carbocycles. The molecule has 0 unspecified atom stereocenters. The number of carbonyl (C=O) groups is 2. The van der Waals surface area contributed by atoms with Crippen LogP contribution in [0.1, 0.15) is 74.2 Å². The monoisotopic (exact) mass is 674 g/mol. The van der Waals surface area contributed by atoms with E-state index in [0.29, 0.717) is 26.1 Å². The summed E-state index contributed by atoms with van der Waals surface area (Å²) in [7, 11) is 0. The van der Waals surface area contributed by atoms with Crippen LogP contribution in [-0.4, -0.2) is 39.1 Å². The van der Waals surface area contributed by atoms with Gasteiger partial charge < -0.3 is 29.8 Å². The van der Waals surface area contributed by atoms with Crippen LogP contribution in [0.3, 0.4) is 0 Å². The lowest BCUT2D eigenvalue weighted by Crippen LogP contribution is -2.39. The van der Waals surface area contributed by atoms with E-state index in [2.05, 4.69) is 63.5 Å². The number of imidazole rings is 1. The molecule has 50 heavy (non-hydrogen) atoms. The Hall–Kier alpha value is -4.83. The molecule has 2 amide bonds. The first kappa shape index (κ1) is 35.0. The molecular weight excluding hydrogens is 628 g/mol. The quantitative estimate of drug-likeness (QED) is 0.109. The van der Waals surface area contributed by atoms with E-state index in [1.807, 2.05) is 67.0 Å². The molecule has 5 aromatic rings. The van der Waals surface area contributed by atoms with E-state index in [1.54, 1.807) is 0 Å².